The van der Waals surface area contributed by atoms with Crippen LogP contribution in [-0.2, 0) is 6.54 Å². The highest BCUT2D eigenvalue weighted by molar-refractivity contribution is 7.13. The third-order valence-electron chi connectivity index (χ3n) is 2.76. The lowest BCUT2D eigenvalue weighted by molar-refractivity contribution is 0.579. The Bertz CT molecular complexity index is 485. The monoisotopic (exact) mass is 234 g/mol. The fourth-order valence-electron chi connectivity index (χ4n) is 1.62. The highest BCUT2D eigenvalue weighted by Crippen LogP contribution is 2.27. The van der Waals surface area contributed by atoms with Crippen molar-refractivity contribution in [3.63, 3.8) is 0 Å². The molecule has 0 saturated heterocycles. The van der Waals surface area contributed by atoms with E-state index in [-0.39, 0.29) is 0 Å². The van der Waals surface area contributed by atoms with E-state index in [1.165, 1.54) is 12.8 Å². The molecule has 0 bridgehead atoms. The summed E-state index contributed by atoms with van der Waals surface area (Å²) >= 11 is 1.65. The van der Waals surface area contributed by atoms with Gasteiger partial charge in [-0.05, 0) is 31.4 Å². The average Bonchev–Trinajstić information content (AvgIpc) is 2.82. The summed E-state index contributed by atoms with van der Waals surface area (Å²) in [6, 6.07) is 2.70. The molecule has 0 amide bonds. The Labute approximate surface area is 98.5 Å². The van der Waals surface area contributed by atoms with Gasteiger partial charge < -0.3 is 9.73 Å². The van der Waals surface area contributed by atoms with Gasteiger partial charge in [-0.3, -0.25) is 0 Å². The second-order valence-corrected chi connectivity index (χ2v) is 5.09. The first-order valence-electron chi connectivity index (χ1n) is 5.55. The van der Waals surface area contributed by atoms with Crippen molar-refractivity contribution in [3.8, 4) is 10.8 Å². The van der Waals surface area contributed by atoms with Gasteiger partial charge in [0.1, 0.15) is 0 Å². The molecule has 1 N–H and O–H groups in total. The number of hydrogen-bond acceptors (Lipinski definition) is 4. The van der Waals surface area contributed by atoms with Gasteiger partial charge >= 0.3 is 0 Å². The standard InChI is InChI=1S/C12H14N2OS/c1-8-4-5-15-11(8)12-14-10(7-16-12)6-13-9-2-3-9/h4-5,7,9,13H,2-3,6H2,1H3. The minimum atomic E-state index is 0.732. The lowest BCUT2D eigenvalue weighted by Gasteiger charge is -1.97. The van der Waals surface area contributed by atoms with E-state index in [1.807, 2.05) is 13.0 Å². The maximum Gasteiger partial charge on any atom is 0.165 e. The molecule has 0 unspecified atom stereocenters. The zero-order chi connectivity index (χ0) is 11.0. The molecule has 1 saturated carbocycles. The number of hydrogen-bond donors (Lipinski definition) is 1. The van der Waals surface area contributed by atoms with Gasteiger partial charge in [0.2, 0.25) is 0 Å². The fourth-order valence-corrected chi connectivity index (χ4v) is 2.49. The zero-order valence-electron chi connectivity index (χ0n) is 9.19. The Morgan fingerprint density at radius 1 is 1.56 bits per heavy atom. The second kappa shape index (κ2) is 4.03. The van der Waals surface area contributed by atoms with Crippen LogP contribution in [0.4, 0.5) is 0 Å². The van der Waals surface area contributed by atoms with E-state index < -0.39 is 0 Å². The molecule has 16 heavy (non-hydrogen) atoms. The smallest absolute Gasteiger partial charge is 0.165 e. The summed E-state index contributed by atoms with van der Waals surface area (Å²) in [7, 11) is 0. The van der Waals surface area contributed by atoms with Gasteiger partial charge in [-0.1, -0.05) is 0 Å². The van der Waals surface area contributed by atoms with Crippen LogP contribution in [0.2, 0.25) is 0 Å². The summed E-state index contributed by atoms with van der Waals surface area (Å²) in [6.07, 6.45) is 4.34. The van der Waals surface area contributed by atoms with Crippen LogP contribution in [0, 0.1) is 6.92 Å². The molecule has 3 nitrogen and oxygen atoms in total. The first-order valence-corrected chi connectivity index (χ1v) is 6.43. The van der Waals surface area contributed by atoms with Crippen molar-refractivity contribution in [2.24, 2.45) is 0 Å². The predicted molar refractivity (Wildman–Crippen MR) is 64.4 cm³/mol. The number of furan rings is 1. The minimum absolute atomic E-state index is 0.732. The molecule has 0 aromatic carbocycles. The molecule has 1 fully saturated rings. The summed E-state index contributed by atoms with van der Waals surface area (Å²) in [5.41, 5.74) is 2.26. The van der Waals surface area contributed by atoms with Crippen molar-refractivity contribution in [2.45, 2.75) is 32.4 Å². The van der Waals surface area contributed by atoms with Crippen LogP contribution in [0.3, 0.4) is 0 Å². The van der Waals surface area contributed by atoms with Gasteiger partial charge in [0.05, 0.1) is 12.0 Å². The van der Waals surface area contributed by atoms with E-state index in [1.54, 1.807) is 17.6 Å². The summed E-state index contributed by atoms with van der Waals surface area (Å²) < 4.78 is 5.43. The molecule has 0 atom stereocenters. The van der Waals surface area contributed by atoms with Crippen LogP contribution >= 0.6 is 11.3 Å². The maximum absolute atomic E-state index is 5.43. The molecular weight excluding hydrogens is 220 g/mol. The lowest BCUT2D eigenvalue weighted by Crippen LogP contribution is -2.15. The van der Waals surface area contributed by atoms with Crippen LogP contribution in [0.5, 0.6) is 0 Å². The summed E-state index contributed by atoms with van der Waals surface area (Å²) in [4.78, 5) is 4.58. The topological polar surface area (TPSA) is 38.1 Å². The van der Waals surface area contributed by atoms with Gasteiger partial charge in [-0.15, -0.1) is 11.3 Å². The van der Waals surface area contributed by atoms with Gasteiger partial charge in [-0.25, -0.2) is 4.98 Å². The molecule has 3 rings (SSSR count). The third kappa shape index (κ3) is 2.03. The van der Waals surface area contributed by atoms with Crippen LogP contribution in [0.15, 0.2) is 22.1 Å². The SMILES string of the molecule is Cc1ccoc1-c1nc(CNC2CC2)cs1. The van der Waals surface area contributed by atoms with Crippen LogP contribution in [0.1, 0.15) is 24.1 Å². The fraction of sp³-hybridized carbons (Fsp3) is 0.417. The van der Waals surface area contributed by atoms with Crippen LogP contribution in [-0.4, -0.2) is 11.0 Å². The van der Waals surface area contributed by atoms with Crippen molar-refractivity contribution in [3.05, 3.63) is 29.0 Å². The van der Waals surface area contributed by atoms with E-state index in [4.69, 9.17) is 4.42 Å². The van der Waals surface area contributed by atoms with Crippen molar-refractivity contribution in [1.82, 2.24) is 10.3 Å². The number of rotatable bonds is 4. The zero-order valence-corrected chi connectivity index (χ0v) is 10.0. The molecule has 2 aromatic rings. The Kier molecular flexibility index (Phi) is 2.53. The first-order chi connectivity index (χ1) is 7.83. The van der Waals surface area contributed by atoms with Gasteiger partial charge in [-0.2, -0.15) is 0 Å². The molecule has 4 heteroatoms. The third-order valence-corrected chi connectivity index (χ3v) is 3.65. The molecule has 2 heterocycles. The van der Waals surface area contributed by atoms with Crippen molar-refractivity contribution < 1.29 is 4.42 Å². The average molecular weight is 234 g/mol. The Morgan fingerprint density at radius 2 is 2.44 bits per heavy atom. The molecule has 2 aromatic heterocycles. The summed E-state index contributed by atoms with van der Waals surface area (Å²) in [5.74, 6) is 0.905. The summed E-state index contributed by atoms with van der Waals surface area (Å²) in [6.45, 7) is 2.92. The Balaban J connectivity index is 1.74. The van der Waals surface area contributed by atoms with E-state index in [2.05, 4.69) is 15.7 Å². The molecule has 0 spiro atoms. The predicted octanol–water partition coefficient (Wildman–Crippen LogP) is 2.96. The van der Waals surface area contributed by atoms with Crippen LogP contribution in [0.25, 0.3) is 10.8 Å². The highest BCUT2D eigenvalue weighted by Gasteiger charge is 2.20. The van der Waals surface area contributed by atoms with E-state index in [0.29, 0.717) is 0 Å². The first kappa shape index (κ1) is 10.1. The Morgan fingerprint density at radius 3 is 3.12 bits per heavy atom. The molecular formula is C12H14N2OS. The minimum Gasteiger partial charge on any atom is -0.462 e. The molecule has 0 radical (unpaired) electrons. The number of aromatic nitrogens is 1. The van der Waals surface area contributed by atoms with Crippen LogP contribution < -0.4 is 5.32 Å². The maximum atomic E-state index is 5.43. The van der Waals surface area contributed by atoms with Gasteiger partial charge in [0.25, 0.3) is 0 Å². The van der Waals surface area contributed by atoms with Crippen molar-refractivity contribution in [1.29, 1.82) is 0 Å². The normalized spacial score (nSPS) is 15.6. The number of thiazole rings is 1. The van der Waals surface area contributed by atoms with E-state index in [0.717, 1.165) is 34.6 Å². The number of nitrogens with zero attached hydrogens (tertiary/aromatic N) is 1. The highest BCUT2D eigenvalue weighted by atomic mass is 32.1. The largest absolute Gasteiger partial charge is 0.462 e. The number of aryl methyl sites for hydroxylation is 1. The molecule has 0 aliphatic heterocycles. The second-order valence-electron chi connectivity index (χ2n) is 4.23. The number of nitrogens with one attached hydrogen (secondary N) is 1. The quantitative estimate of drug-likeness (QED) is 0.883. The lowest BCUT2D eigenvalue weighted by atomic mass is 10.3. The molecule has 1 aliphatic carbocycles. The molecule has 1 aliphatic rings. The molecule has 84 valence electrons. The van der Waals surface area contributed by atoms with E-state index in [9.17, 15) is 0 Å². The summed E-state index contributed by atoms with van der Waals surface area (Å²) in [5, 5.41) is 6.55. The van der Waals surface area contributed by atoms with Crippen molar-refractivity contribution in [2.75, 3.05) is 0 Å². The van der Waals surface area contributed by atoms with Crippen molar-refractivity contribution >= 4 is 11.3 Å². The van der Waals surface area contributed by atoms with Gasteiger partial charge in [0, 0.05) is 18.0 Å². The Hall–Kier alpha value is -1.13. The van der Waals surface area contributed by atoms with E-state index >= 15 is 0 Å². The van der Waals surface area contributed by atoms with Gasteiger partial charge in [0.15, 0.2) is 10.8 Å².